The van der Waals surface area contributed by atoms with Gasteiger partial charge in [0, 0.05) is 36.1 Å². The van der Waals surface area contributed by atoms with E-state index < -0.39 is 46.9 Å². The molecule has 0 aromatic heterocycles. The second kappa shape index (κ2) is 11.6. The number of carbonyl (C=O) groups excluding carboxylic acids is 4. The first-order valence-electron chi connectivity index (χ1n) is 14.3. The Morgan fingerprint density at radius 1 is 1.10 bits per heavy atom. The number of Topliss-reactive ketones (excluding diaryl/α,β-unsaturated/α-hetero) is 1. The number of esters is 1. The maximum atomic E-state index is 13.3. The lowest BCUT2D eigenvalue weighted by molar-refractivity contribution is -0.181. The molecule has 3 fully saturated rings. The summed E-state index contributed by atoms with van der Waals surface area (Å²) in [6.45, 7) is 3.63. The van der Waals surface area contributed by atoms with Gasteiger partial charge in [-0.3, -0.25) is 24.0 Å². The number of amides is 1. The van der Waals surface area contributed by atoms with Gasteiger partial charge in [0.15, 0.2) is 12.4 Å². The number of fused-ring (bicyclic) bond motifs is 5. The lowest BCUT2D eigenvalue weighted by atomic mass is 9.46. The van der Waals surface area contributed by atoms with Crippen LogP contribution in [0.1, 0.15) is 78.1 Å². The molecule has 0 unspecified atom stereocenters. The van der Waals surface area contributed by atoms with Crippen LogP contribution in [-0.2, 0) is 28.7 Å². The number of hydrogen-bond donors (Lipinski definition) is 4. The minimum Gasteiger partial charge on any atom is -0.481 e. The van der Waals surface area contributed by atoms with E-state index in [2.05, 4.69) is 12.2 Å². The van der Waals surface area contributed by atoms with Gasteiger partial charge >= 0.3 is 11.9 Å². The molecule has 0 aromatic carbocycles. The molecule has 0 bridgehead atoms. The molecule has 1 amide bonds. The second-order valence-corrected chi connectivity index (χ2v) is 12.4. The average molecular weight is 560 g/mol. The predicted octanol–water partition coefficient (Wildman–Crippen LogP) is 2.26. The van der Waals surface area contributed by atoms with Crippen LogP contribution in [0.25, 0.3) is 0 Å². The molecule has 10 nitrogen and oxygen atoms in total. The van der Waals surface area contributed by atoms with Crippen LogP contribution in [0.4, 0.5) is 0 Å². The number of carbonyl (C=O) groups is 5. The Morgan fingerprint density at radius 2 is 1.85 bits per heavy atom. The first kappa shape index (κ1) is 30.1. The van der Waals surface area contributed by atoms with Crippen LogP contribution < -0.4 is 5.32 Å². The number of ether oxygens (including phenoxy) is 1. The summed E-state index contributed by atoms with van der Waals surface area (Å²) in [5.41, 5.74) is -2.04. The van der Waals surface area contributed by atoms with Crippen LogP contribution in [0.2, 0.25) is 0 Å². The summed E-state index contributed by atoms with van der Waals surface area (Å²) in [6.07, 6.45) is 7.59. The van der Waals surface area contributed by atoms with Gasteiger partial charge in [0.05, 0.1) is 12.5 Å². The summed E-state index contributed by atoms with van der Waals surface area (Å²) >= 11 is 0. The highest BCUT2D eigenvalue weighted by Gasteiger charge is 2.68. The Hall–Kier alpha value is -2.85. The molecule has 0 spiro atoms. The lowest BCUT2D eigenvalue weighted by Gasteiger charge is -2.59. The number of hydrogen-bond acceptors (Lipinski definition) is 8. The van der Waals surface area contributed by atoms with E-state index in [4.69, 9.17) is 9.84 Å². The zero-order valence-corrected chi connectivity index (χ0v) is 23.3. The predicted molar refractivity (Wildman–Crippen MR) is 143 cm³/mol. The molecule has 4 aliphatic rings. The van der Waals surface area contributed by atoms with Gasteiger partial charge in [0.2, 0.25) is 11.7 Å². The van der Waals surface area contributed by atoms with E-state index in [1.165, 1.54) is 0 Å². The molecule has 10 heteroatoms. The van der Waals surface area contributed by atoms with Crippen LogP contribution in [0, 0.1) is 28.6 Å². The van der Waals surface area contributed by atoms with E-state index >= 15 is 0 Å². The van der Waals surface area contributed by atoms with Gasteiger partial charge in [0.1, 0.15) is 5.60 Å². The standard InChI is InChI=1S/C30H41NO9/c1-28-12-10-19(32)15-18(28)6-7-20-21-11-13-30(39,29(21,2)16-22(33)27(20)28)23(34)17-40-26(38)9-8-24(35)31-14-4-3-5-25(36)37/h10,12,15,20-22,27,33,39H,3-9,11,13-14,16-17H2,1-2H3,(H,31,35)(H,36,37)/t20-,21-,22-,27-,28-,29-,30-/m0/s1. The smallest absolute Gasteiger partial charge is 0.306 e. The zero-order chi connectivity index (χ0) is 29.3. The van der Waals surface area contributed by atoms with E-state index in [1.807, 2.05) is 13.0 Å². The van der Waals surface area contributed by atoms with E-state index in [9.17, 15) is 34.2 Å². The molecule has 0 radical (unpaired) electrons. The number of carboxylic acid groups (broad SMARTS) is 1. The van der Waals surface area contributed by atoms with Crippen molar-refractivity contribution in [2.24, 2.45) is 28.6 Å². The van der Waals surface area contributed by atoms with Gasteiger partial charge in [-0.15, -0.1) is 0 Å². The summed E-state index contributed by atoms with van der Waals surface area (Å²) in [4.78, 5) is 60.0. The van der Waals surface area contributed by atoms with Crippen molar-refractivity contribution >= 4 is 29.4 Å². The number of aliphatic hydroxyl groups excluding tert-OH is 1. The van der Waals surface area contributed by atoms with Gasteiger partial charge in [0.25, 0.3) is 0 Å². The number of unbranched alkanes of at least 4 members (excludes halogenated alkanes) is 1. The molecule has 4 aliphatic carbocycles. The summed E-state index contributed by atoms with van der Waals surface area (Å²) in [5, 5.41) is 34.4. The molecule has 40 heavy (non-hydrogen) atoms. The average Bonchev–Trinajstić information content (AvgIpc) is 3.16. The topological polar surface area (TPSA) is 167 Å². The van der Waals surface area contributed by atoms with Gasteiger partial charge in [-0.2, -0.15) is 0 Å². The van der Waals surface area contributed by atoms with Crippen LogP contribution >= 0.6 is 0 Å². The SMILES string of the molecule is C[C@]12C=CC(=O)C=C1CC[C@@H]1[C@H]2[C@@H](O)C[C@@]2(C)[C@H]1CC[C@]2(O)C(=O)COC(=O)CCC(=O)NCCCCC(=O)O. The monoisotopic (exact) mass is 559 g/mol. The summed E-state index contributed by atoms with van der Waals surface area (Å²) in [5.74, 6) is -2.67. The highest BCUT2D eigenvalue weighted by Crippen LogP contribution is 2.67. The Kier molecular flexibility index (Phi) is 8.71. The highest BCUT2D eigenvalue weighted by atomic mass is 16.5. The van der Waals surface area contributed by atoms with Crippen molar-refractivity contribution < 1.29 is 44.0 Å². The molecular weight excluding hydrogens is 518 g/mol. The minimum atomic E-state index is -1.74. The fraction of sp³-hybridized carbons (Fsp3) is 0.700. The molecular formula is C30H41NO9. The van der Waals surface area contributed by atoms with Gasteiger partial charge in [-0.05, 0) is 68.9 Å². The number of allylic oxidation sites excluding steroid dienone is 4. The van der Waals surface area contributed by atoms with Crippen molar-refractivity contribution in [3.8, 4) is 0 Å². The molecule has 0 aliphatic heterocycles. The first-order chi connectivity index (χ1) is 18.8. The number of carboxylic acids is 1. The molecule has 0 heterocycles. The lowest BCUT2D eigenvalue weighted by Crippen LogP contribution is -2.61. The van der Waals surface area contributed by atoms with Crippen LogP contribution in [0.3, 0.4) is 0 Å². The molecule has 0 saturated heterocycles. The maximum Gasteiger partial charge on any atom is 0.306 e. The third-order valence-corrected chi connectivity index (χ3v) is 10.2. The number of nitrogens with one attached hydrogen (secondary N) is 1. The Bertz CT molecular complexity index is 1130. The number of aliphatic hydroxyl groups is 2. The van der Waals surface area contributed by atoms with E-state index in [-0.39, 0.29) is 61.5 Å². The van der Waals surface area contributed by atoms with Crippen LogP contribution in [0.15, 0.2) is 23.8 Å². The minimum absolute atomic E-state index is 0.00542. The van der Waals surface area contributed by atoms with E-state index in [0.717, 1.165) is 18.4 Å². The van der Waals surface area contributed by atoms with Gasteiger partial charge in [-0.1, -0.05) is 25.5 Å². The fourth-order valence-electron chi connectivity index (χ4n) is 8.06. The Morgan fingerprint density at radius 3 is 2.58 bits per heavy atom. The normalized spacial score (nSPS) is 36.1. The summed E-state index contributed by atoms with van der Waals surface area (Å²) in [6, 6.07) is 0. The number of rotatable bonds is 11. The number of aliphatic carboxylic acids is 1. The summed E-state index contributed by atoms with van der Waals surface area (Å²) < 4.78 is 5.15. The van der Waals surface area contributed by atoms with Gasteiger partial charge in [-0.25, -0.2) is 0 Å². The van der Waals surface area contributed by atoms with Crippen molar-refractivity contribution in [3.05, 3.63) is 23.8 Å². The number of ketones is 2. The third-order valence-electron chi connectivity index (χ3n) is 10.2. The largest absolute Gasteiger partial charge is 0.481 e. The molecule has 220 valence electrons. The van der Waals surface area contributed by atoms with Crippen molar-refractivity contribution in [2.45, 2.75) is 89.8 Å². The molecule has 3 saturated carbocycles. The second-order valence-electron chi connectivity index (χ2n) is 12.4. The van der Waals surface area contributed by atoms with Crippen molar-refractivity contribution in [1.82, 2.24) is 5.32 Å². The fourth-order valence-corrected chi connectivity index (χ4v) is 8.06. The van der Waals surface area contributed by atoms with Crippen LogP contribution in [0.5, 0.6) is 0 Å². The van der Waals surface area contributed by atoms with Crippen molar-refractivity contribution in [1.29, 1.82) is 0 Å². The van der Waals surface area contributed by atoms with E-state index in [0.29, 0.717) is 25.8 Å². The van der Waals surface area contributed by atoms with Crippen molar-refractivity contribution in [2.75, 3.05) is 13.2 Å². The van der Waals surface area contributed by atoms with Gasteiger partial charge < -0.3 is 25.4 Å². The molecule has 7 atom stereocenters. The maximum absolute atomic E-state index is 13.3. The van der Waals surface area contributed by atoms with Crippen molar-refractivity contribution in [3.63, 3.8) is 0 Å². The van der Waals surface area contributed by atoms with E-state index in [1.54, 1.807) is 12.2 Å². The Balaban J connectivity index is 1.32. The third kappa shape index (κ3) is 5.52. The first-order valence-corrected chi connectivity index (χ1v) is 14.3. The summed E-state index contributed by atoms with van der Waals surface area (Å²) in [7, 11) is 0. The zero-order valence-electron chi connectivity index (χ0n) is 23.3. The molecule has 4 N–H and O–H groups in total. The Labute approximate surface area is 234 Å². The highest BCUT2D eigenvalue weighted by molar-refractivity contribution is 6.01. The van der Waals surface area contributed by atoms with Crippen LogP contribution in [-0.4, -0.2) is 69.6 Å². The molecule has 0 aromatic rings. The molecule has 4 rings (SSSR count). The quantitative estimate of drug-likeness (QED) is 0.219.